The van der Waals surface area contributed by atoms with Crippen LogP contribution >= 0.6 is 11.6 Å². The number of nitrogens with zero attached hydrogens (tertiary/aromatic N) is 3. The zero-order valence-electron chi connectivity index (χ0n) is 12.7. The van der Waals surface area contributed by atoms with Crippen LogP contribution in [0.25, 0.3) is 0 Å². The molecule has 0 saturated heterocycles. The molecule has 0 aliphatic carbocycles. The summed E-state index contributed by atoms with van der Waals surface area (Å²) < 4.78 is 20.5. The highest BCUT2D eigenvalue weighted by molar-refractivity contribution is 6.32. The van der Waals surface area contributed by atoms with E-state index in [1.165, 1.54) is 30.9 Å². The van der Waals surface area contributed by atoms with Crippen molar-refractivity contribution in [1.82, 2.24) is 14.8 Å². The van der Waals surface area contributed by atoms with Gasteiger partial charge in [-0.15, -0.1) is 0 Å². The molecule has 1 aromatic heterocycles. The van der Waals surface area contributed by atoms with E-state index < -0.39 is 23.4 Å². The van der Waals surface area contributed by atoms with Crippen molar-refractivity contribution in [3.63, 3.8) is 0 Å². The van der Waals surface area contributed by atoms with E-state index >= 15 is 0 Å². The summed E-state index contributed by atoms with van der Waals surface area (Å²) >= 11 is 5.99. The van der Waals surface area contributed by atoms with Crippen LogP contribution in [-0.2, 0) is 6.54 Å². The lowest BCUT2D eigenvalue weighted by atomic mass is 9.85. The number of ether oxygens (including phenoxy) is 1. The highest BCUT2D eigenvalue weighted by atomic mass is 35.5. The Hall–Kier alpha value is -1.66. The van der Waals surface area contributed by atoms with Crippen LogP contribution in [0.15, 0.2) is 30.9 Å². The molecule has 5 nitrogen and oxygen atoms in total. The Morgan fingerprint density at radius 3 is 2.68 bits per heavy atom. The molecule has 0 radical (unpaired) electrons. The number of aromatic nitrogens is 3. The van der Waals surface area contributed by atoms with Gasteiger partial charge in [-0.05, 0) is 23.6 Å². The summed E-state index contributed by atoms with van der Waals surface area (Å²) in [6.45, 7) is 6.01. The fraction of sp³-hybridized carbons (Fsp3) is 0.467. The standard InChI is InChI=1S/C15H19ClFN3O2/c1-15(2,3)14(21)13(7-20-9-18-8-19-20)22-12-5-4-10(17)6-11(12)16/h4-6,8-9,13-14,21H,7H2,1-3H3. The molecule has 1 N–H and O–H groups in total. The second-order valence-corrected chi connectivity index (χ2v) is 6.57. The quantitative estimate of drug-likeness (QED) is 0.917. The molecule has 2 unspecified atom stereocenters. The van der Waals surface area contributed by atoms with Gasteiger partial charge >= 0.3 is 0 Å². The molecule has 2 atom stereocenters. The average Bonchev–Trinajstić information content (AvgIpc) is 2.92. The Morgan fingerprint density at radius 2 is 2.14 bits per heavy atom. The molecule has 2 rings (SSSR count). The maximum absolute atomic E-state index is 13.1. The first kappa shape index (κ1) is 16.7. The molecule has 0 saturated carbocycles. The van der Waals surface area contributed by atoms with Gasteiger partial charge in [-0.25, -0.2) is 14.1 Å². The molecule has 0 bridgehead atoms. The van der Waals surface area contributed by atoms with Crippen molar-refractivity contribution in [1.29, 1.82) is 0 Å². The molecule has 0 amide bonds. The van der Waals surface area contributed by atoms with E-state index in [1.807, 2.05) is 20.8 Å². The van der Waals surface area contributed by atoms with E-state index in [9.17, 15) is 9.50 Å². The molecule has 0 aliphatic heterocycles. The first-order valence-corrected chi connectivity index (χ1v) is 7.27. The van der Waals surface area contributed by atoms with Crippen molar-refractivity contribution in [3.8, 4) is 5.75 Å². The fourth-order valence-corrected chi connectivity index (χ4v) is 2.22. The molecule has 2 aromatic rings. The average molecular weight is 328 g/mol. The van der Waals surface area contributed by atoms with Crippen LogP contribution in [0.2, 0.25) is 5.02 Å². The molecule has 7 heteroatoms. The van der Waals surface area contributed by atoms with E-state index in [2.05, 4.69) is 10.1 Å². The minimum absolute atomic E-state index is 0.157. The highest BCUT2D eigenvalue weighted by Gasteiger charge is 2.33. The van der Waals surface area contributed by atoms with Gasteiger partial charge in [-0.2, -0.15) is 5.10 Å². The number of benzene rings is 1. The van der Waals surface area contributed by atoms with Gasteiger partial charge in [0, 0.05) is 0 Å². The summed E-state index contributed by atoms with van der Waals surface area (Å²) in [6, 6.07) is 3.88. The zero-order chi connectivity index (χ0) is 16.3. The van der Waals surface area contributed by atoms with Crippen molar-refractivity contribution >= 4 is 11.6 Å². The smallest absolute Gasteiger partial charge is 0.145 e. The van der Waals surface area contributed by atoms with Crippen LogP contribution in [0.1, 0.15) is 20.8 Å². The summed E-state index contributed by atoms with van der Waals surface area (Å²) in [7, 11) is 0. The Balaban J connectivity index is 2.23. The van der Waals surface area contributed by atoms with Crippen LogP contribution in [0, 0.1) is 11.2 Å². The van der Waals surface area contributed by atoms with Crippen molar-refractivity contribution < 1.29 is 14.2 Å². The third-order valence-corrected chi connectivity index (χ3v) is 3.54. The minimum Gasteiger partial charge on any atom is -0.484 e. The summed E-state index contributed by atoms with van der Waals surface area (Å²) in [4.78, 5) is 3.87. The summed E-state index contributed by atoms with van der Waals surface area (Å²) in [5.74, 6) is -0.127. The molecule has 120 valence electrons. The number of halogens is 2. The molecule has 0 aliphatic rings. The zero-order valence-corrected chi connectivity index (χ0v) is 13.5. The summed E-state index contributed by atoms with van der Waals surface area (Å²) in [5, 5.41) is 14.7. The minimum atomic E-state index is -0.780. The van der Waals surface area contributed by atoms with Crippen LogP contribution in [0.3, 0.4) is 0 Å². The van der Waals surface area contributed by atoms with Gasteiger partial charge in [0.05, 0.1) is 17.7 Å². The third-order valence-electron chi connectivity index (χ3n) is 3.25. The first-order valence-electron chi connectivity index (χ1n) is 6.89. The topological polar surface area (TPSA) is 60.2 Å². The van der Waals surface area contributed by atoms with E-state index in [0.29, 0.717) is 12.3 Å². The second kappa shape index (κ2) is 6.62. The number of hydrogen-bond donors (Lipinski definition) is 1. The van der Waals surface area contributed by atoms with Gasteiger partial charge in [-0.1, -0.05) is 32.4 Å². The maximum Gasteiger partial charge on any atom is 0.145 e. The van der Waals surface area contributed by atoms with Crippen LogP contribution < -0.4 is 4.74 Å². The molecular formula is C15H19ClFN3O2. The van der Waals surface area contributed by atoms with Gasteiger partial charge in [0.1, 0.15) is 30.3 Å². The normalized spacial score (nSPS) is 14.6. The maximum atomic E-state index is 13.1. The third kappa shape index (κ3) is 4.18. The second-order valence-electron chi connectivity index (χ2n) is 6.16. The number of aliphatic hydroxyl groups excluding tert-OH is 1. The van der Waals surface area contributed by atoms with Crippen molar-refractivity contribution in [2.45, 2.75) is 39.5 Å². The molecular weight excluding hydrogens is 309 g/mol. The van der Waals surface area contributed by atoms with E-state index in [-0.39, 0.29) is 5.02 Å². The van der Waals surface area contributed by atoms with Crippen molar-refractivity contribution in [2.24, 2.45) is 5.41 Å². The molecule has 22 heavy (non-hydrogen) atoms. The van der Waals surface area contributed by atoms with Crippen LogP contribution in [-0.4, -0.2) is 32.1 Å². The number of rotatable bonds is 5. The van der Waals surface area contributed by atoms with Crippen molar-refractivity contribution in [2.75, 3.05) is 0 Å². The van der Waals surface area contributed by atoms with Gasteiger partial charge in [0.25, 0.3) is 0 Å². The largest absolute Gasteiger partial charge is 0.484 e. The molecule has 1 heterocycles. The lowest BCUT2D eigenvalue weighted by Crippen LogP contribution is -2.44. The predicted molar refractivity (Wildman–Crippen MR) is 81.3 cm³/mol. The lowest BCUT2D eigenvalue weighted by molar-refractivity contribution is -0.0396. The number of hydrogen-bond acceptors (Lipinski definition) is 4. The predicted octanol–water partition coefficient (Wildman–Crippen LogP) is 2.93. The Morgan fingerprint density at radius 1 is 1.41 bits per heavy atom. The molecule has 1 aromatic carbocycles. The van der Waals surface area contributed by atoms with Gasteiger partial charge in [-0.3, -0.25) is 0 Å². The monoisotopic (exact) mass is 327 g/mol. The Labute approximate surface area is 133 Å². The van der Waals surface area contributed by atoms with Gasteiger partial charge < -0.3 is 9.84 Å². The summed E-state index contributed by atoms with van der Waals surface area (Å²) in [5.41, 5.74) is -0.405. The summed E-state index contributed by atoms with van der Waals surface area (Å²) in [6.07, 6.45) is 1.56. The van der Waals surface area contributed by atoms with Crippen LogP contribution in [0.5, 0.6) is 5.75 Å². The lowest BCUT2D eigenvalue weighted by Gasteiger charge is -2.33. The SMILES string of the molecule is CC(C)(C)C(O)C(Cn1cncn1)Oc1ccc(F)cc1Cl. The van der Waals surface area contributed by atoms with E-state index in [4.69, 9.17) is 16.3 Å². The Kier molecular flexibility index (Phi) is 5.03. The number of aliphatic hydroxyl groups is 1. The molecule has 0 spiro atoms. The van der Waals surface area contributed by atoms with Gasteiger partial charge in [0.15, 0.2) is 0 Å². The van der Waals surface area contributed by atoms with E-state index in [1.54, 1.807) is 4.68 Å². The Bertz CT molecular complexity index is 614. The van der Waals surface area contributed by atoms with Crippen LogP contribution in [0.4, 0.5) is 4.39 Å². The van der Waals surface area contributed by atoms with Gasteiger partial charge in [0.2, 0.25) is 0 Å². The first-order chi connectivity index (χ1) is 10.3. The highest BCUT2D eigenvalue weighted by Crippen LogP contribution is 2.30. The van der Waals surface area contributed by atoms with E-state index in [0.717, 1.165) is 0 Å². The fourth-order valence-electron chi connectivity index (χ4n) is 2.00. The van der Waals surface area contributed by atoms with Crippen molar-refractivity contribution in [3.05, 3.63) is 41.7 Å². The molecule has 0 fully saturated rings.